The average Bonchev–Trinajstić information content (AvgIpc) is 2.37. The molecule has 20 heavy (non-hydrogen) atoms. The summed E-state index contributed by atoms with van der Waals surface area (Å²) < 4.78 is 0. The van der Waals surface area contributed by atoms with E-state index >= 15 is 0 Å². The number of hydrogen-bond donors (Lipinski definition) is 1. The summed E-state index contributed by atoms with van der Waals surface area (Å²) in [5.41, 5.74) is 8.16. The lowest BCUT2D eigenvalue weighted by molar-refractivity contribution is -0.116. The van der Waals surface area contributed by atoms with Crippen molar-refractivity contribution < 1.29 is 4.79 Å². The number of hydrogen-bond acceptors (Lipinski definition) is 2. The second-order valence-corrected chi connectivity index (χ2v) is 6.12. The maximum Gasteiger partial charge on any atom is 0.158 e. The van der Waals surface area contributed by atoms with Crippen LogP contribution in [0, 0.1) is 0 Å². The van der Waals surface area contributed by atoms with E-state index in [1.165, 1.54) is 24.1 Å². The molecule has 0 heterocycles. The molecule has 0 unspecified atom stereocenters. The number of anilines is 1. The molecule has 0 bridgehead atoms. The van der Waals surface area contributed by atoms with E-state index in [0.29, 0.717) is 26.5 Å². The Balaban J connectivity index is 0.000000200. The monoisotopic (exact) mass is 333 g/mol. The van der Waals surface area contributed by atoms with E-state index in [-0.39, 0.29) is 0 Å². The van der Waals surface area contributed by atoms with Gasteiger partial charge in [0, 0.05) is 6.42 Å². The standard InChI is InChI=1S/C9H14O.C6H4Cl3N/c1-7(2)8-5-3-4-6-9(8)10;7-3-1-5(9)6(10)2-4(3)8/h3-6H2,1-2H3;1-2H,10H2. The van der Waals surface area contributed by atoms with E-state index in [1.54, 1.807) is 0 Å². The van der Waals surface area contributed by atoms with Gasteiger partial charge in [-0.1, -0.05) is 40.4 Å². The van der Waals surface area contributed by atoms with E-state index in [9.17, 15) is 4.79 Å². The highest BCUT2D eigenvalue weighted by molar-refractivity contribution is 6.43. The molecule has 1 saturated carbocycles. The molecule has 1 aliphatic rings. The Morgan fingerprint density at radius 3 is 2.00 bits per heavy atom. The van der Waals surface area contributed by atoms with Gasteiger partial charge in [0.2, 0.25) is 0 Å². The minimum Gasteiger partial charge on any atom is -0.397 e. The summed E-state index contributed by atoms with van der Waals surface area (Å²) in [6, 6.07) is 3.03. The van der Waals surface area contributed by atoms with Gasteiger partial charge in [-0.25, -0.2) is 0 Å². The predicted octanol–water partition coefficient (Wildman–Crippen LogP) is 5.69. The fourth-order valence-electron chi connectivity index (χ4n) is 1.94. The number of nitrogen functional groups attached to an aromatic ring is 1. The second kappa shape index (κ2) is 7.92. The molecular weight excluding hydrogens is 317 g/mol. The zero-order valence-electron chi connectivity index (χ0n) is 11.6. The van der Waals surface area contributed by atoms with Crippen molar-refractivity contribution in [3.63, 3.8) is 0 Å². The molecule has 0 aliphatic heterocycles. The van der Waals surface area contributed by atoms with Crippen LogP contribution >= 0.6 is 34.8 Å². The first kappa shape index (κ1) is 17.4. The Kier molecular flexibility index (Phi) is 6.87. The van der Waals surface area contributed by atoms with Crippen molar-refractivity contribution in [2.45, 2.75) is 39.5 Å². The van der Waals surface area contributed by atoms with Crippen molar-refractivity contribution in [1.29, 1.82) is 0 Å². The summed E-state index contributed by atoms with van der Waals surface area (Å²) in [6.45, 7) is 4.05. The van der Waals surface area contributed by atoms with Crippen LogP contribution in [-0.4, -0.2) is 5.78 Å². The molecular formula is C15H18Cl3NO. The molecule has 0 aromatic heterocycles. The summed E-state index contributed by atoms with van der Waals surface area (Å²) >= 11 is 16.8. The van der Waals surface area contributed by atoms with Crippen LogP contribution in [0.3, 0.4) is 0 Å². The SMILES string of the molecule is CC(C)=C1CCCCC1=O.Nc1cc(Cl)c(Cl)cc1Cl. The quantitative estimate of drug-likeness (QED) is 0.376. The van der Waals surface area contributed by atoms with E-state index in [0.717, 1.165) is 24.8 Å². The van der Waals surface area contributed by atoms with Crippen molar-refractivity contribution in [2.24, 2.45) is 0 Å². The summed E-state index contributed by atoms with van der Waals surface area (Å²) in [5, 5.41) is 1.26. The van der Waals surface area contributed by atoms with Crippen LogP contribution in [0.1, 0.15) is 39.5 Å². The van der Waals surface area contributed by atoms with E-state index < -0.39 is 0 Å². The molecule has 1 aromatic rings. The highest BCUT2D eigenvalue weighted by Gasteiger charge is 2.15. The van der Waals surface area contributed by atoms with Gasteiger partial charge in [-0.3, -0.25) is 4.79 Å². The number of ketones is 1. The van der Waals surface area contributed by atoms with Crippen LogP contribution in [0.4, 0.5) is 5.69 Å². The molecule has 0 saturated heterocycles. The minimum atomic E-state index is 0.381. The number of allylic oxidation sites excluding steroid dienone is 2. The zero-order valence-corrected chi connectivity index (χ0v) is 13.9. The second-order valence-electron chi connectivity index (χ2n) is 4.90. The predicted molar refractivity (Wildman–Crippen MR) is 87.7 cm³/mol. The molecule has 2 rings (SSSR count). The van der Waals surface area contributed by atoms with Crippen molar-refractivity contribution in [3.8, 4) is 0 Å². The number of benzene rings is 1. The van der Waals surface area contributed by atoms with Crippen molar-refractivity contribution in [1.82, 2.24) is 0 Å². The highest BCUT2D eigenvalue weighted by Crippen LogP contribution is 2.30. The molecule has 2 N–H and O–H groups in total. The molecule has 0 spiro atoms. The molecule has 1 aliphatic carbocycles. The number of halogens is 3. The van der Waals surface area contributed by atoms with Crippen LogP contribution in [0.25, 0.3) is 0 Å². The summed E-state index contributed by atoms with van der Waals surface area (Å²) in [7, 11) is 0. The van der Waals surface area contributed by atoms with Gasteiger partial charge < -0.3 is 5.73 Å². The van der Waals surface area contributed by atoms with Gasteiger partial charge in [-0.15, -0.1) is 0 Å². The van der Waals surface area contributed by atoms with Crippen LogP contribution in [0.15, 0.2) is 23.3 Å². The Bertz CT molecular complexity index is 484. The lowest BCUT2D eigenvalue weighted by Crippen LogP contribution is -2.09. The maximum absolute atomic E-state index is 11.2. The largest absolute Gasteiger partial charge is 0.397 e. The number of rotatable bonds is 0. The average molecular weight is 335 g/mol. The van der Waals surface area contributed by atoms with Crippen molar-refractivity contribution >= 4 is 46.3 Å². The smallest absolute Gasteiger partial charge is 0.158 e. The fourth-order valence-corrected chi connectivity index (χ4v) is 2.50. The first-order valence-electron chi connectivity index (χ1n) is 6.42. The van der Waals surface area contributed by atoms with E-state index in [2.05, 4.69) is 0 Å². The Morgan fingerprint density at radius 1 is 1.00 bits per heavy atom. The van der Waals surface area contributed by atoms with Gasteiger partial charge in [-0.2, -0.15) is 0 Å². The van der Waals surface area contributed by atoms with Crippen molar-refractivity contribution in [2.75, 3.05) is 5.73 Å². The van der Waals surface area contributed by atoms with Gasteiger partial charge in [-0.05, 0) is 50.8 Å². The fraction of sp³-hybridized carbons (Fsp3) is 0.400. The third-order valence-electron chi connectivity index (χ3n) is 3.06. The van der Waals surface area contributed by atoms with Gasteiger partial charge in [0.1, 0.15) is 0 Å². The van der Waals surface area contributed by atoms with Crippen molar-refractivity contribution in [3.05, 3.63) is 38.3 Å². The summed E-state index contributed by atoms with van der Waals surface area (Å²) in [5.74, 6) is 0.381. The highest BCUT2D eigenvalue weighted by atomic mass is 35.5. The molecule has 1 fully saturated rings. The maximum atomic E-state index is 11.2. The lowest BCUT2D eigenvalue weighted by Gasteiger charge is -2.13. The van der Waals surface area contributed by atoms with Crippen LogP contribution < -0.4 is 5.73 Å². The van der Waals surface area contributed by atoms with Gasteiger partial charge in [0.05, 0.1) is 20.8 Å². The summed E-state index contributed by atoms with van der Waals surface area (Å²) in [4.78, 5) is 11.2. The van der Waals surface area contributed by atoms with E-state index in [4.69, 9.17) is 40.5 Å². The molecule has 5 heteroatoms. The topological polar surface area (TPSA) is 43.1 Å². The Hall–Kier alpha value is -0.700. The minimum absolute atomic E-state index is 0.381. The number of Topliss-reactive ketones (excluding diaryl/α,β-unsaturated/α-hetero) is 1. The van der Waals surface area contributed by atoms with E-state index in [1.807, 2.05) is 13.8 Å². The normalized spacial score (nSPS) is 14.7. The lowest BCUT2D eigenvalue weighted by atomic mass is 9.91. The molecule has 0 amide bonds. The Labute approximate surface area is 134 Å². The van der Waals surface area contributed by atoms with Crippen LogP contribution in [0.2, 0.25) is 15.1 Å². The third kappa shape index (κ3) is 5.01. The summed E-state index contributed by atoms with van der Waals surface area (Å²) in [6.07, 6.45) is 4.09. The molecule has 110 valence electrons. The number of nitrogens with two attached hydrogens (primary N) is 1. The molecule has 1 aromatic carbocycles. The zero-order chi connectivity index (χ0) is 15.3. The molecule has 0 radical (unpaired) electrons. The third-order valence-corrected chi connectivity index (χ3v) is 4.11. The van der Waals surface area contributed by atoms with Crippen LogP contribution in [0.5, 0.6) is 0 Å². The first-order chi connectivity index (χ1) is 9.32. The number of carbonyl (C=O) groups is 1. The van der Waals surface area contributed by atoms with Gasteiger partial charge >= 0.3 is 0 Å². The van der Waals surface area contributed by atoms with Crippen LogP contribution in [-0.2, 0) is 4.79 Å². The molecule has 0 atom stereocenters. The first-order valence-corrected chi connectivity index (χ1v) is 7.56. The van der Waals surface area contributed by atoms with Gasteiger partial charge in [0.25, 0.3) is 0 Å². The Morgan fingerprint density at radius 2 is 1.55 bits per heavy atom. The molecule has 2 nitrogen and oxygen atoms in total. The van der Waals surface area contributed by atoms with Gasteiger partial charge in [0.15, 0.2) is 5.78 Å². The number of carbonyl (C=O) groups excluding carboxylic acids is 1.